The van der Waals surface area contributed by atoms with Crippen LogP contribution in [0.5, 0.6) is 0 Å². The van der Waals surface area contributed by atoms with Crippen LogP contribution in [-0.4, -0.2) is 94.1 Å². The Labute approximate surface area is 250 Å². The third-order valence-corrected chi connectivity index (χ3v) is 8.29. The largest absolute Gasteiger partial charge is 0.389 e. The summed E-state index contributed by atoms with van der Waals surface area (Å²) in [6.45, 7) is 3.28. The van der Waals surface area contributed by atoms with Gasteiger partial charge < -0.3 is 14.7 Å². The van der Waals surface area contributed by atoms with E-state index in [9.17, 15) is 22.8 Å². The van der Waals surface area contributed by atoms with E-state index < -0.39 is 24.9 Å². The molecule has 0 spiro atoms. The summed E-state index contributed by atoms with van der Waals surface area (Å²) in [6.07, 6.45) is 2.11. The van der Waals surface area contributed by atoms with E-state index in [1.165, 1.54) is 11.3 Å². The lowest BCUT2D eigenvalue weighted by atomic mass is 9.94. The van der Waals surface area contributed by atoms with Gasteiger partial charge in [0.2, 0.25) is 5.91 Å². The van der Waals surface area contributed by atoms with Crippen LogP contribution in [0.1, 0.15) is 65.8 Å². The maximum atomic E-state index is 13.2. The Hall–Kier alpha value is -3.73. The fourth-order valence-electron chi connectivity index (χ4n) is 5.88. The van der Waals surface area contributed by atoms with E-state index in [4.69, 9.17) is 4.98 Å². The van der Waals surface area contributed by atoms with Gasteiger partial charge in [0.05, 0.1) is 6.42 Å². The average Bonchev–Trinajstić information content (AvgIpc) is 3.41. The van der Waals surface area contributed by atoms with Crippen molar-refractivity contribution in [3.8, 4) is 0 Å². The van der Waals surface area contributed by atoms with Gasteiger partial charge in [0.1, 0.15) is 0 Å². The van der Waals surface area contributed by atoms with Gasteiger partial charge in [-0.25, -0.2) is 9.50 Å². The number of amides is 2. The first-order chi connectivity index (χ1) is 20.6. The number of benzene rings is 1. The summed E-state index contributed by atoms with van der Waals surface area (Å²) < 4.78 is 39.3. The fourth-order valence-corrected chi connectivity index (χ4v) is 5.88. The summed E-state index contributed by atoms with van der Waals surface area (Å²) in [5, 5.41) is 4.65. The molecule has 2 amide bonds. The number of fused-ring (bicyclic) bond motifs is 1. The SMILES string of the molecule is CN(C)CCC1CCCN(C(=O)c2ccc(Cc3nc4c(C5=CCN(C(=O)CCC(F)(F)F)CC5)cccn4n3)cc2)C1. The van der Waals surface area contributed by atoms with Gasteiger partial charge in [0.15, 0.2) is 11.5 Å². The third-order valence-electron chi connectivity index (χ3n) is 8.29. The van der Waals surface area contributed by atoms with Crippen molar-refractivity contribution in [2.75, 3.05) is 46.8 Å². The van der Waals surface area contributed by atoms with E-state index in [1.807, 2.05) is 53.6 Å². The number of piperidine rings is 1. The summed E-state index contributed by atoms with van der Waals surface area (Å²) in [6, 6.07) is 11.5. The number of nitrogens with zero attached hydrogens (tertiary/aromatic N) is 6. The van der Waals surface area contributed by atoms with E-state index >= 15 is 0 Å². The van der Waals surface area contributed by atoms with Crippen molar-refractivity contribution in [1.82, 2.24) is 29.3 Å². The third kappa shape index (κ3) is 8.01. The molecule has 1 aromatic carbocycles. The van der Waals surface area contributed by atoms with Gasteiger partial charge in [0, 0.05) is 56.3 Å². The molecule has 2 aromatic heterocycles. The lowest BCUT2D eigenvalue weighted by Crippen LogP contribution is -2.40. The Morgan fingerprint density at radius 3 is 2.56 bits per heavy atom. The number of alkyl halides is 3. The molecule has 2 aliphatic heterocycles. The number of pyridine rings is 1. The molecular weight excluding hydrogens is 557 g/mol. The van der Waals surface area contributed by atoms with Crippen LogP contribution in [0.4, 0.5) is 13.2 Å². The highest BCUT2D eigenvalue weighted by molar-refractivity contribution is 5.94. The standard InChI is InChI=1S/C32H39F3N6O2/c1-38(2)18-12-24-5-3-16-40(22-24)31(43)26-9-7-23(8-10-26)21-28-36-30-27(6-4-17-41(30)37-28)25-13-19-39(20-14-25)29(42)11-15-32(33,34)35/h4,6-10,13,17,24H,3,5,11-12,14-16,18-22H2,1-2H3. The highest BCUT2D eigenvalue weighted by Gasteiger charge is 2.30. The number of carbonyl (C=O) groups excluding carboxylic acids is 2. The molecule has 0 saturated carbocycles. The van der Waals surface area contributed by atoms with Crippen molar-refractivity contribution in [3.05, 3.63) is 71.2 Å². The number of halogens is 3. The molecule has 1 unspecified atom stereocenters. The summed E-state index contributed by atoms with van der Waals surface area (Å²) in [5.74, 6) is 0.785. The Kier molecular flexibility index (Phi) is 9.49. The van der Waals surface area contributed by atoms with Crippen molar-refractivity contribution in [3.63, 3.8) is 0 Å². The Balaban J connectivity index is 1.21. The lowest BCUT2D eigenvalue weighted by Gasteiger charge is -2.33. The zero-order chi connectivity index (χ0) is 30.6. The monoisotopic (exact) mass is 596 g/mol. The number of hydrogen-bond acceptors (Lipinski definition) is 5. The molecule has 1 atom stereocenters. The molecular formula is C32H39F3N6O2. The number of likely N-dealkylation sites (tertiary alicyclic amines) is 1. The first-order valence-corrected chi connectivity index (χ1v) is 15.0. The van der Waals surface area contributed by atoms with Crippen LogP contribution in [-0.2, 0) is 11.2 Å². The minimum absolute atomic E-state index is 0.0815. The second kappa shape index (κ2) is 13.3. The zero-order valence-corrected chi connectivity index (χ0v) is 24.8. The van der Waals surface area contributed by atoms with Gasteiger partial charge >= 0.3 is 6.18 Å². The summed E-state index contributed by atoms with van der Waals surface area (Å²) >= 11 is 0. The second-order valence-electron chi connectivity index (χ2n) is 11.9. The predicted octanol–water partition coefficient (Wildman–Crippen LogP) is 5.08. The minimum Gasteiger partial charge on any atom is -0.339 e. The molecule has 1 saturated heterocycles. The Morgan fingerprint density at radius 2 is 1.86 bits per heavy atom. The van der Waals surface area contributed by atoms with Crippen molar-refractivity contribution in [1.29, 1.82) is 0 Å². The molecule has 3 aromatic rings. The maximum absolute atomic E-state index is 13.2. The predicted molar refractivity (Wildman–Crippen MR) is 158 cm³/mol. The Bertz CT molecular complexity index is 1460. The molecule has 1 fully saturated rings. The normalized spacial score (nSPS) is 17.9. The summed E-state index contributed by atoms with van der Waals surface area (Å²) in [4.78, 5) is 35.9. The number of rotatable bonds is 9. The molecule has 0 aliphatic carbocycles. The van der Waals surface area contributed by atoms with Crippen molar-refractivity contribution >= 4 is 23.0 Å². The first-order valence-electron chi connectivity index (χ1n) is 15.0. The maximum Gasteiger partial charge on any atom is 0.389 e. The highest BCUT2D eigenvalue weighted by atomic mass is 19.4. The molecule has 0 N–H and O–H groups in total. The molecule has 2 aliphatic rings. The molecule has 5 rings (SSSR count). The molecule has 0 radical (unpaired) electrons. The molecule has 8 nitrogen and oxygen atoms in total. The van der Waals surface area contributed by atoms with Gasteiger partial charge in [-0.15, -0.1) is 0 Å². The van der Waals surface area contributed by atoms with Crippen molar-refractivity contribution in [2.24, 2.45) is 5.92 Å². The van der Waals surface area contributed by atoms with Gasteiger partial charge in [-0.3, -0.25) is 9.59 Å². The van der Waals surface area contributed by atoms with Crippen LogP contribution in [0, 0.1) is 5.92 Å². The van der Waals surface area contributed by atoms with Crippen molar-refractivity contribution < 1.29 is 22.8 Å². The van der Waals surface area contributed by atoms with E-state index in [1.54, 1.807) is 4.52 Å². The summed E-state index contributed by atoms with van der Waals surface area (Å²) in [5.41, 5.74) is 4.28. The van der Waals surface area contributed by atoms with Gasteiger partial charge in [-0.2, -0.15) is 18.3 Å². The topological polar surface area (TPSA) is 74.0 Å². The van der Waals surface area contributed by atoms with E-state index in [2.05, 4.69) is 24.1 Å². The van der Waals surface area contributed by atoms with E-state index in [-0.39, 0.29) is 12.5 Å². The fraction of sp³-hybridized carbons (Fsp3) is 0.500. The van der Waals surface area contributed by atoms with Crippen LogP contribution in [0.15, 0.2) is 48.7 Å². The number of hydrogen-bond donors (Lipinski definition) is 0. The van der Waals surface area contributed by atoms with Gasteiger partial charge in [0.25, 0.3) is 5.91 Å². The average molecular weight is 597 g/mol. The second-order valence-corrected chi connectivity index (χ2v) is 11.9. The van der Waals surface area contributed by atoms with Crippen molar-refractivity contribution in [2.45, 2.75) is 51.1 Å². The number of aromatic nitrogens is 3. The van der Waals surface area contributed by atoms with E-state index in [0.717, 1.165) is 49.2 Å². The highest BCUT2D eigenvalue weighted by Crippen LogP contribution is 2.28. The zero-order valence-electron chi connectivity index (χ0n) is 24.8. The van der Waals surface area contributed by atoms with Crippen LogP contribution < -0.4 is 0 Å². The first kappa shape index (κ1) is 30.7. The lowest BCUT2D eigenvalue weighted by molar-refractivity contribution is -0.148. The minimum atomic E-state index is -4.34. The smallest absolute Gasteiger partial charge is 0.339 e. The van der Waals surface area contributed by atoms with Gasteiger partial charge in [-0.05, 0) is 87.6 Å². The van der Waals surface area contributed by atoms with E-state index in [0.29, 0.717) is 42.3 Å². The molecule has 230 valence electrons. The van der Waals surface area contributed by atoms with Crippen LogP contribution >= 0.6 is 0 Å². The van der Waals surface area contributed by atoms with Gasteiger partial charge in [-0.1, -0.05) is 18.2 Å². The Morgan fingerprint density at radius 1 is 1.07 bits per heavy atom. The molecule has 11 heteroatoms. The molecule has 43 heavy (non-hydrogen) atoms. The quantitative estimate of drug-likeness (QED) is 0.345. The molecule has 4 heterocycles. The van der Waals surface area contributed by atoms with Crippen LogP contribution in [0.25, 0.3) is 11.2 Å². The van der Waals surface area contributed by atoms with Crippen LogP contribution in [0.3, 0.4) is 0 Å². The summed E-state index contributed by atoms with van der Waals surface area (Å²) in [7, 11) is 4.16. The molecule has 0 bridgehead atoms. The van der Waals surface area contributed by atoms with Crippen LogP contribution in [0.2, 0.25) is 0 Å². The number of carbonyl (C=O) groups is 2.